The largest absolute Gasteiger partial charge is 0.501 e. The minimum absolute atomic E-state index is 0.108. The predicted molar refractivity (Wildman–Crippen MR) is 56.7 cm³/mol. The molecule has 0 amide bonds. The number of hydrogen-bond acceptors (Lipinski definition) is 5. The number of ether oxygens (including phenoxy) is 1. The molecule has 16 heavy (non-hydrogen) atoms. The number of aromatic nitrogens is 3. The van der Waals surface area contributed by atoms with Gasteiger partial charge in [0, 0.05) is 12.1 Å². The summed E-state index contributed by atoms with van der Waals surface area (Å²) in [4.78, 5) is 11.9. The van der Waals surface area contributed by atoms with E-state index in [1.54, 1.807) is 10.9 Å². The summed E-state index contributed by atoms with van der Waals surface area (Å²) in [7, 11) is 0. The molecule has 1 aromatic heterocycles. The van der Waals surface area contributed by atoms with Gasteiger partial charge < -0.3 is 10.5 Å². The van der Waals surface area contributed by atoms with Crippen molar-refractivity contribution >= 4 is 5.78 Å². The molecule has 6 heteroatoms. The number of rotatable bonds is 4. The van der Waals surface area contributed by atoms with Crippen LogP contribution in [0.25, 0.3) is 0 Å². The van der Waals surface area contributed by atoms with Gasteiger partial charge in [-0.2, -0.15) is 0 Å². The van der Waals surface area contributed by atoms with Crippen LogP contribution in [0.2, 0.25) is 0 Å². The maximum Gasteiger partial charge on any atom is 0.213 e. The van der Waals surface area contributed by atoms with Crippen LogP contribution in [0.4, 0.5) is 0 Å². The lowest BCUT2D eigenvalue weighted by atomic mass is 10.0. The molecule has 0 spiro atoms. The molecule has 1 aliphatic heterocycles. The molecule has 0 aromatic carbocycles. The maximum atomic E-state index is 11.9. The van der Waals surface area contributed by atoms with Gasteiger partial charge >= 0.3 is 0 Å². The smallest absolute Gasteiger partial charge is 0.213 e. The lowest BCUT2D eigenvalue weighted by Crippen LogP contribution is -2.11. The first-order valence-electron chi connectivity index (χ1n) is 5.27. The summed E-state index contributed by atoms with van der Waals surface area (Å²) < 4.78 is 6.69. The SMILES string of the molecule is NCCn1cc(C(=O)C2=COCCC2)nn1. The highest BCUT2D eigenvalue weighted by molar-refractivity contribution is 6.07. The molecular formula is C10H14N4O2. The van der Waals surface area contributed by atoms with Crippen LogP contribution in [0.15, 0.2) is 18.0 Å². The molecule has 2 N–H and O–H groups in total. The van der Waals surface area contributed by atoms with Crippen molar-refractivity contribution < 1.29 is 9.53 Å². The zero-order valence-electron chi connectivity index (χ0n) is 8.93. The number of ketones is 1. The van der Waals surface area contributed by atoms with E-state index in [1.165, 1.54) is 6.26 Å². The van der Waals surface area contributed by atoms with Crippen molar-refractivity contribution in [2.45, 2.75) is 19.4 Å². The second-order valence-electron chi connectivity index (χ2n) is 3.60. The van der Waals surface area contributed by atoms with Gasteiger partial charge in [0.1, 0.15) is 0 Å². The average molecular weight is 222 g/mol. The Balaban J connectivity index is 2.10. The van der Waals surface area contributed by atoms with Crippen molar-refractivity contribution in [2.24, 2.45) is 5.73 Å². The molecule has 86 valence electrons. The van der Waals surface area contributed by atoms with Gasteiger partial charge in [-0.15, -0.1) is 5.10 Å². The first-order valence-corrected chi connectivity index (χ1v) is 5.27. The third kappa shape index (κ3) is 2.27. The fraction of sp³-hybridized carbons (Fsp3) is 0.500. The van der Waals surface area contributed by atoms with Gasteiger partial charge in [0.05, 0.1) is 25.6 Å². The van der Waals surface area contributed by atoms with Crippen LogP contribution in [-0.2, 0) is 11.3 Å². The zero-order chi connectivity index (χ0) is 11.4. The number of carbonyl (C=O) groups excluding carboxylic acids is 1. The lowest BCUT2D eigenvalue weighted by Gasteiger charge is -2.10. The first kappa shape index (κ1) is 10.8. The first-order chi connectivity index (χ1) is 7.81. The Morgan fingerprint density at radius 1 is 1.62 bits per heavy atom. The Morgan fingerprint density at radius 3 is 3.19 bits per heavy atom. The van der Waals surface area contributed by atoms with E-state index >= 15 is 0 Å². The van der Waals surface area contributed by atoms with E-state index in [-0.39, 0.29) is 5.78 Å². The monoisotopic (exact) mass is 222 g/mol. The molecule has 0 unspecified atom stereocenters. The molecule has 0 fully saturated rings. The Kier molecular flexibility index (Phi) is 3.31. The number of hydrogen-bond donors (Lipinski definition) is 1. The Hall–Kier alpha value is -1.69. The van der Waals surface area contributed by atoms with Crippen LogP contribution in [0.5, 0.6) is 0 Å². The topological polar surface area (TPSA) is 83.0 Å². The molecule has 6 nitrogen and oxygen atoms in total. The Morgan fingerprint density at radius 2 is 2.50 bits per heavy atom. The van der Waals surface area contributed by atoms with Gasteiger partial charge in [0.25, 0.3) is 0 Å². The predicted octanol–water partition coefficient (Wildman–Crippen LogP) is 0.114. The Bertz CT molecular complexity index is 411. The zero-order valence-corrected chi connectivity index (χ0v) is 8.93. The summed E-state index contributed by atoms with van der Waals surface area (Å²) in [6.07, 6.45) is 4.75. The normalized spacial score (nSPS) is 15.4. The van der Waals surface area contributed by atoms with E-state index in [2.05, 4.69) is 10.3 Å². The number of Topliss-reactive ketones (excluding diaryl/α,β-unsaturated/α-hetero) is 1. The third-order valence-electron chi connectivity index (χ3n) is 2.36. The number of nitrogens with zero attached hydrogens (tertiary/aromatic N) is 3. The summed E-state index contributed by atoms with van der Waals surface area (Å²) in [5.74, 6) is -0.108. The summed E-state index contributed by atoms with van der Waals surface area (Å²) in [5, 5.41) is 7.64. The molecule has 2 rings (SSSR count). The number of carbonyl (C=O) groups is 1. The third-order valence-corrected chi connectivity index (χ3v) is 2.36. The second kappa shape index (κ2) is 4.89. The second-order valence-corrected chi connectivity index (χ2v) is 3.60. The van der Waals surface area contributed by atoms with E-state index in [0.29, 0.717) is 31.0 Å². The number of nitrogens with two attached hydrogens (primary N) is 1. The van der Waals surface area contributed by atoms with Crippen LogP contribution in [0.3, 0.4) is 0 Å². The van der Waals surface area contributed by atoms with Gasteiger partial charge in [0.15, 0.2) is 5.69 Å². The number of allylic oxidation sites excluding steroid dienone is 1. The van der Waals surface area contributed by atoms with Crippen molar-refractivity contribution in [3.8, 4) is 0 Å². The highest BCUT2D eigenvalue weighted by atomic mass is 16.5. The van der Waals surface area contributed by atoms with E-state index in [0.717, 1.165) is 12.8 Å². The van der Waals surface area contributed by atoms with Gasteiger partial charge in [-0.25, -0.2) is 0 Å². The van der Waals surface area contributed by atoms with Crippen molar-refractivity contribution in [3.63, 3.8) is 0 Å². The molecule has 0 saturated heterocycles. The van der Waals surface area contributed by atoms with E-state index in [9.17, 15) is 4.79 Å². The molecule has 0 saturated carbocycles. The molecule has 2 heterocycles. The molecular weight excluding hydrogens is 208 g/mol. The highest BCUT2D eigenvalue weighted by Crippen LogP contribution is 2.15. The maximum absolute atomic E-state index is 11.9. The summed E-state index contributed by atoms with van der Waals surface area (Å²) >= 11 is 0. The van der Waals surface area contributed by atoms with Crippen LogP contribution < -0.4 is 5.73 Å². The van der Waals surface area contributed by atoms with E-state index in [4.69, 9.17) is 10.5 Å². The fourth-order valence-corrected chi connectivity index (χ4v) is 1.54. The van der Waals surface area contributed by atoms with Crippen molar-refractivity contribution in [1.29, 1.82) is 0 Å². The summed E-state index contributed by atoms with van der Waals surface area (Å²) in [5.41, 5.74) is 6.39. The van der Waals surface area contributed by atoms with Crippen LogP contribution >= 0.6 is 0 Å². The van der Waals surface area contributed by atoms with E-state index in [1.807, 2.05) is 0 Å². The molecule has 0 radical (unpaired) electrons. The Labute approximate surface area is 93.1 Å². The van der Waals surface area contributed by atoms with Gasteiger partial charge in [-0.3, -0.25) is 9.48 Å². The van der Waals surface area contributed by atoms with Crippen molar-refractivity contribution in [3.05, 3.63) is 23.7 Å². The minimum atomic E-state index is -0.108. The van der Waals surface area contributed by atoms with Gasteiger partial charge in [-0.05, 0) is 12.8 Å². The lowest BCUT2D eigenvalue weighted by molar-refractivity contribution is 0.100. The molecule has 0 aliphatic carbocycles. The molecule has 1 aromatic rings. The van der Waals surface area contributed by atoms with Crippen molar-refractivity contribution in [1.82, 2.24) is 15.0 Å². The molecule has 0 bridgehead atoms. The standard InChI is InChI=1S/C10H14N4O2/c11-3-4-14-6-9(12-13-14)10(15)8-2-1-5-16-7-8/h6-7H,1-5,11H2. The van der Waals surface area contributed by atoms with Crippen LogP contribution in [0, 0.1) is 0 Å². The average Bonchev–Trinajstić information content (AvgIpc) is 2.78. The molecule has 1 aliphatic rings. The van der Waals surface area contributed by atoms with Gasteiger partial charge in [0.2, 0.25) is 5.78 Å². The summed E-state index contributed by atoms with van der Waals surface area (Å²) in [6, 6.07) is 0. The van der Waals surface area contributed by atoms with Gasteiger partial charge in [-0.1, -0.05) is 5.21 Å². The highest BCUT2D eigenvalue weighted by Gasteiger charge is 2.18. The molecule has 0 atom stereocenters. The quantitative estimate of drug-likeness (QED) is 0.731. The van der Waals surface area contributed by atoms with Crippen molar-refractivity contribution in [2.75, 3.05) is 13.2 Å². The minimum Gasteiger partial charge on any atom is -0.501 e. The summed E-state index contributed by atoms with van der Waals surface area (Å²) in [6.45, 7) is 1.72. The van der Waals surface area contributed by atoms with Crippen LogP contribution in [0.1, 0.15) is 23.3 Å². The van der Waals surface area contributed by atoms with E-state index < -0.39 is 0 Å². The van der Waals surface area contributed by atoms with Crippen LogP contribution in [-0.4, -0.2) is 33.9 Å². The fourth-order valence-electron chi connectivity index (χ4n) is 1.54.